The number of ether oxygens (including phenoxy) is 1. The van der Waals surface area contributed by atoms with Gasteiger partial charge in [-0.2, -0.15) is 13.2 Å². The van der Waals surface area contributed by atoms with Gasteiger partial charge in [0.05, 0.1) is 11.7 Å². The summed E-state index contributed by atoms with van der Waals surface area (Å²) >= 11 is 0. The summed E-state index contributed by atoms with van der Waals surface area (Å²) in [6, 6.07) is 4.09. The van der Waals surface area contributed by atoms with E-state index < -0.39 is 23.8 Å². The number of amides is 1. The summed E-state index contributed by atoms with van der Waals surface area (Å²) in [5.74, 6) is -0.205. The molecule has 0 radical (unpaired) electrons. The number of carbonyl (C=O) groups excluding carboxylic acids is 1. The molecule has 0 heterocycles. The largest absolute Gasteiger partial charge is 0.484 e. The summed E-state index contributed by atoms with van der Waals surface area (Å²) in [5.41, 5.74) is -0.777. The highest BCUT2D eigenvalue weighted by molar-refractivity contribution is 5.77. The molecule has 0 aliphatic heterocycles. The van der Waals surface area contributed by atoms with E-state index in [4.69, 9.17) is 4.74 Å². The number of rotatable bonds is 7. The maximum atomic E-state index is 12.4. The van der Waals surface area contributed by atoms with E-state index in [0.29, 0.717) is 0 Å². The van der Waals surface area contributed by atoms with E-state index in [1.807, 2.05) is 13.8 Å². The van der Waals surface area contributed by atoms with E-state index in [0.717, 1.165) is 30.7 Å². The fourth-order valence-corrected chi connectivity index (χ4v) is 1.63. The van der Waals surface area contributed by atoms with Crippen molar-refractivity contribution in [3.05, 3.63) is 29.8 Å². The Balaban J connectivity index is 2.38. The fourth-order valence-electron chi connectivity index (χ4n) is 1.63. The third-order valence-electron chi connectivity index (χ3n) is 3.36. The lowest BCUT2D eigenvalue weighted by molar-refractivity contribution is -0.137. The van der Waals surface area contributed by atoms with Gasteiger partial charge in [-0.25, -0.2) is 0 Å². The smallest absolute Gasteiger partial charge is 0.416 e. The predicted molar refractivity (Wildman–Crippen MR) is 75.4 cm³/mol. The van der Waals surface area contributed by atoms with E-state index in [2.05, 4.69) is 5.32 Å². The first kappa shape index (κ1) is 18.3. The van der Waals surface area contributed by atoms with Crippen molar-refractivity contribution in [2.75, 3.05) is 13.2 Å². The van der Waals surface area contributed by atoms with Crippen molar-refractivity contribution in [2.45, 2.75) is 32.5 Å². The Hall–Kier alpha value is -1.76. The van der Waals surface area contributed by atoms with Gasteiger partial charge in [-0.3, -0.25) is 4.79 Å². The van der Waals surface area contributed by atoms with Crippen LogP contribution in [0.1, 0.15) is 25.8 Å². The van der Waals surface area contributed by atoms with Gasteiger partial charge in [-0.05, 0) is 30.2 Å². The third kappa shape index (κ3) is 5.93. The average molecular weight is 319 g/mol. The van der Waals surface area contributed by atoms with Gasteiger partial charge in [0, 0.05) is 6.54 Å². The van der Waals surface area contributed by atoms with E-state index in [9.17, 15) is 23.1 Å². The molecule has 0 aliphatic rings. The summed E-state index contributed by atoms with van der Waals surface area (Å²) in [5, 5.41) is 12.2. The Morgan fingerprint density at radius 1 is 1.32 bits per heavy atom. The normalized spacial score (nSPS) is 14.3. The monoisotopic (exact) mass is 319 g/mol. The quantitative estimate of drug-likeness (QED) is 0.812. The van der Waals surface area contributed by atoms with E-state index in [1.54, 1.807) is 0 Å². The molecule has 0 bridgehead atoms. The first-order valence-electron chi connectivity index (χ1n) is 6.98. The molecule has 2 N–H and O–H groups in total. The zero-order valence-electron chi connectivity index (χ0n) is 12.5. The molecule has 22 heavy (non-hydrogen) atoms. The van der Waals surface area contributed by atoms with Gasteiger partial charge in [-0.1, -0.05) is 20.3 Å². The molecule has 1 amide bonds. The maximum Gasteiger partial charge on any atom is 0.416 e. The van der Waals surface area contributed by atoms with Gasteiger partial charge < -0.3 is 15.2 Å². The number of hydrogen-bond donors (Lipinski definition) is 2. The van der Waals surface area contributed by atoms with Crippen LogP contribution in [0.5, 0.6) is 5.75 Å². The Labute approximate surface area is 127 Å². The van der Waals surface area contributed by atoms with Crippen LogP contribution < -0.4 is 10.1 Å². The molecule has 2 unspecified atom stereocenters. The molecule has 0 saturated carbocycles. The number of aliphatic hydroxyl groups excluding tert-OH is 1. The minimum absolute atomic E-state index is 0.0659. The van der Waals surface area contributed by atoms with E-state index >= 15 is 0 Å². The van der Waals surface area contributed by atoms with Crippen LogP contribution in [0.25, 0.3) is 0 Å². The van der Waals surface area contributed by atoms with Gasteiger partial charge >= 0.3 is 6.18 Å². The highest BCUT2D eigenvalue weighted by Crippen LogP contribution is 2.30. The molecule has 0 spiro atoms. The first-order chi connectivity index (χ1) is 10.2. The lowest BCUT2D eigenvalue weighted by Crippen LogP contribution is -2.37. The number of nitrogens with one attached hydrogen (secondary N) is 1. The van der Waals surface area contributed by atoms with Crippen molar-refractivity contribution in [1.29, 1.82) is 0 Å². The third-order valence-corrected chi connectivity index (χ3v) is 3.36. The number of alkyl halides is 3. The molecule has 0 aliphatic carbocycles. The van der Waals surface area contributed by atoms with Crippen LogP contribution in [0.2, 0.25) is 0 Å². The van der Waals surface area contributed by atoms with Crippen LogP contribution in [0.3, 0.4) is 0 Å². The Morgan fingerprint density at radius 2 is 1.91 bits per heavy atom. The molecule has 7 heteroatoms. The van der Waals surface area contributed by atoms with Crippen LogP contribution in [-0.2, 0) is 11.0 Å². The van der Waals surface area contributed by atoms with Crippen LogP contribution in [-0.4, -0.2) is 30.3 Å². The van der Waals surface area contributed by atoms with Crippen LogP contribution in [0.15, 0.2) is 24.3 Å². The minimum atomic E-state index is -4.40. The van der Waals surface area contributed by atoms with Gasteiger partial charge in [0.15, 0.2) is 6.61 Å². The van der Waals surface area contributed by atoms with Gasteiger partial charge in [-0.15, -0.1) is 0 Å². The lowest BCUT2D eigenvalue weighted by Gasteiger charge is -2.17. The van der Waals surface area contributed by atoms with E-state index in [1.165, 1.54) is 0 Å². The zero-order valence-corrected chi connectivity index (χ0v) is 12.5. The second-order valence-corrected chi connectivity index (χ2v) is 5.07. The summed E-state index contributed by atoms with van der Waals surface area (Å²) in [4.78, 5) is 11.5. The fraction of sp³-hybridized carbons (Fsp3) is 0.533. The average Bonchev–Trinajstić information content (AvgIpc) is 2.49. The van der Waals surface area contributed by atoms with Crippen LogP contribution in [0.4, 0.5) is 13.2 Å². The number of halogens is 3. The minimum Gasteiger partial charge on any atom is -0.484 e. The maximum absolute atomic E-state index is 12.4. The molecular weight excluding hydrogens is 299 g/mol. The van der Waals surface area contributed by atoms with E-state index in [-0.39, 0.29) is 24.8 Å². The number of carbonyl (C=O) groups is 1. The Morgan fingerprint density at radius 3 is 2.41 bits per heavy atom. The first-order valence-corrected chi connectivity index (χ1v) is 6.98. The summed E-state index contributed by atoms with van der Waals surface area (Å²) in [6.45, 7) is 3.60. The standard InChI is InChI=1S/C15H20F3NO3/c1-3-10(2)13(20)8-19-14(21)9-22-12-6-4-11(5-7-12)15(16,17)18/h4-7,10,13,20H,3,8-9H2,1-2H3,(H,19,21). The molecule has 0 aromatic heterocycles. The van der Waals surface area contributed by atoms with Gasteiger partial charge in [0.2, 0.25) is 0 Å². The predicted octanol–water partition coefficient (Wildman–Crippen LogP) is 2.61. The second kappa shape index (κ2) is 8.03. The number of benzene rings is 1. The molecular formula is C15H20F3NO3. The molecule has 1 aromatic carbocycles. The van der Waals surface area contributed by atoms with Crippen molar-refractivity contribution in [3.8, 4) is 5.75 Å². The summed E-state index contributed by atoms with van der Waals surface area (Å²) in [6.07, 6.45) is -4.25. The SMILES string of the molecule is CCC(C)C(O)CNC(=O)COc1ccc(C(F)(F)F)cc1. The molecule has 124 valence electrons. The van der Waals surface area contributed by atoms with Crippen molar-refractivity contribution < 1.29 is 27.8 Å². The topological polar surface area (TPSA) is 58.6 Å². The summed E-state index contributed by atoms with van der Waals surface area (Å²) < 4.78 is 42.2. The molecule has 1 aromatic rings. The molecule has 1 rings (SSSR count). The zero-order chi connectivity index (χ0) is 16.8. The molecule has 0 saturated heterocycles. The van der Waals surface area contributed by atoms with Crippen molar-refractivity contribution in [1.82, 2.24) is 5.32 Å². The number of aliphatic hydroxyl groups is 1. The van der Waals surface area contributed by atoms with Gasteiger partial charge in [0.25, 0.3) is 5.91 Å². The second-order valence-electron chi connectivity index (χ2n) is 5.07. The van der Waals surface area contributed by atoms with Crippen molar-refractivity contribution >= 4 is 5.91 Å². The van der Waals surface area contributed by atoms with Crippen LogP contribution >= 0.6 is 0 Å². The van der Waals surface area contributed by atoms with Crippen molar-refractivity contribution in [2.24, 2.45) is 5.92 Å². The Kier molecular flexibility index (Phi) is 6.67. The molecule has 4 nitrogen and oxygen atoms in total. The molecule has 0 fully saturated rings. The molecule has 2 atom stereocenters. The number of hydrogen-bond acceptors (Lipinski definition) is 3. The highest BCUT2D eigenvalue weighted by Gasteiger charge is 2.30. The Bertz CT molecular complexity index is 474. The highest BCUT2D eigenvalue weighted by atomic mass is 19.4. The van der Waals surface area contributed by atoms with Gasteiger partial charge in [0.1, 0.15) is 5.75 Å². The van der Waals surface area contributed by atoms with Crippen molar-refractivity contribution in [3.63, 3.8) is 0 Å². The summed E-state index contributed by atoms with van der Waals surface area (Å²) in [7, 11) is 0. The van der Waals surface area contributed by atoms with Crippen LogP contribution in [0, 0.1) is 5.92 Å². The lowest BCUT2D eigenvalue weighted by atomic mass is 10.0.